The number of benzene rings is 1. The number of thioether (sulfide) groups is 1. The van der Waals surface area contributed by atoms with E-state index in [-0.39, 0.29) is 17.5 Å². The molecule has 0 aliphatic carbocycles. The van der Waals surface area contributed by atoms with Gasteiger partial charge in [-0.15, -0.1) is 11.8 Å². The zero-order valence-corrected chi connectivity index (χ0v) is 11.0. The Hall–Kier alpha value is -0.540. The van der Waals surface area contributed by atoms with E-state index in [2.05, 4.69) is 26.8 Å². The molecular formula is C13H20FNS. The van der Waals surface area contributed by atoms with Crippen LogP contribution in [0.4, 0.5) is 4.39 Å². The number of hydrogen-bond acceptors (Lipinski definition) is 2. The Morgan fingerprint density at radius 1 is 1.31 bits per heavy atom. The maximum atomic E-state index is 12.3. The van der Waals surface area contributed by atoms with Crippen LogP contribution < -0.4 is 5.73 Å². The first-order chi connectivity index (χ1) is 7.44. The van der Waals surface area contributed by atoms with Gasteiger partial charge in [-0.1, -0.05) is 39.0 Å². The standard InChI is InChI=1S/C13H20FNS/c1-13(2,3)16-12-7-5-4-6-10(12)11(15)8-9-14/h4-7,11H,8-9,15H2,1-3H3/t11-/m0/s1. The Bertz CT molecular complexity index is 333. The smallest absolute Gasteiger partial charge is 0.0912 e. The quantitative estimate of drug-likeness (QED) is 0.808. The van der Waals surface area contributed by atoms with E-state index >= 15 is 0 Å². The van der Waals surface area contributed by atoms with Gasteiger partial charge in [0, 0.05) is 15.7 Å². The molecule has 0 aliphatic heterocycles. The lowest BCUT2D eigenvalue weighted by Crippen LogP contribution is -2.14. The van der Waals surface area contributed by atoms with E-state index < -0.39 is 0 Å². The van der Waals surface area contributed by atoms with Gasteiger partial charge in [0.15, 0.2) is 0 Å². The van der Waals surface area contributed by atoms with E-state index in [9.17, 15) is 4.39 Å². The average Bonchev–Trinajstić information content (AvgIpc) is 2.16. The van der Waals surface area contributed by atoms with Crippen molar-refractivity contribution in [2.45, 2.75) is 42.9 Å². The third-order valence-corrected chi connectivity index (χ3v) is 3.36. The minimum atomic E-state index is -0.365. The van der Waals surface area contributed by atoms with Crippen LogP contribution in [0.2, 0.25) is 0 Å². The molecule has 1 rings (SSSR count). The van der Waals surface area contributed by atoms with Gasteiger partial charge in [0.25, 0.3) is 0 Å². The summed E-state index contributed by atoms with van der Waals surface area (Å²) in [6, 6.07) is 7.81. The molecule has 0 saturated carbocycles. The van der Waals surface area contributed by atoms with Crippen molar-refractivity contribution in [1.29, 1.82) is 0 Å². The normalized spacial score (nSPS) is 13.8. The molecule has 0 bridgehead atoms. The Balaban J connectivity index is 2.91. The number of alkyl halides is 1. The molecule has 0 heterocycles. The van der Waals surface area contributed by atoms with Crippen molar-refractivity contribution in [2.24, 2.45) is 5.73 Å². The molecule has 0 aromatic heterocycles. The molecule has 1 aromatic carbocycles. The summed E-state index contributed by atoms with van der Waals surface area (Å²) in [6.45, 7) is 6.12. The maximum absolute atomic E-state index is 12.3. The van der Waals surface area contributed by atoms with Crippen LogP contribution in [0.5, 0.6) is 0 Å². The number of hydrogen-bond donors (Lipinski definition) is 1. The Labute approximate surface area is 102 Å². The van der Waals surface area contributed by atoms with E-state index in [0.29, 0.717) is 6.42 Å². The minimum Gasteiger partial charge on any atom is -0.324 e. The molecular weight excluding hydrogens is 221 g/mol. The molecule has 0 amide bonds. The molecule has 90 valence electrons. The molecule has 0 unspecified atom stereocenters. The van der Waals surface area contributed by atoms with Gasteiger partial charge < -0.3 is 5.73 Å². The lowest BCUT2D eigenvalue weighted by Gasteiger charge is -2.22. The summed E-state index contributed by atoms with van der Waals surface area (Å²) in [5, 5.41) is 0. The first kappa shape index (κ1) is 13.5. The molecule has 2 N–H and O–H groups in total. The largest absolute Gasteiger partial charge is 0.324 e. The highest BCUT2D eigenvalue weighted by molar-refractivity contribution is 8.00. The van der Waals surface area contributed by atoms with Gasteiger partial charge in [0.2, 0.25) is 0 Å². The van der Waals surface area contributed by atoms with E-state index in [1.165, 1.54) is 0 Å². The van der Waals surface area contributed by atoms with Gasteiger partial charge in [-0.2, -0.15) is 0 Å². The lowest BCUT2D eigenvalue weighted by atomic mass is 10.1. The second-order valence-electron chi connectivity index (χ2n) is 4.84. The van der Waals surface area contributed by atoms with Gasteiger partial charge >= 0.3 is 0 Å². The van der Waals surface area contributed by atoms with E-state index in [4.69, 9.17) is 5.73 Å². The maximum Gasteiger partial charge on any atom is 0.0912 e. The molecule has 3 heteroatoms. The molecule has 1 aromatic rings. The number of nitrogens with two attached hydrogens (primary N) is 1. The summed E-state index contributed by atoms with van der Waals surface area (Å²) >= 11 is 1.78. The van der Waals surface area contributed by atoms with Gasteiger partial charge in [-0.3, -0.25) is 4.39 Å². The molecule has 0 radical (unpaired) electrons. The fourth-order valence-electron chi connectivity index (χ4n) is 1.48. The van der Waals surface area contributed by atoms with E-state index in [0.717, 1.165) is 10.5 Å². The summed E-state index contributed by atoms with van der Waals surface area (Å²) in [4.78, 5) is 1.16. The lowest BCUT2D eigenvalue weighted by molar-refractivity contribution is 0.440. The second-order valence-corrected chi connectivity index (χ2v) is 6.71. The molecule has 0 saturated heterocycles. The highest BCUT2D eigenvalue weighted by Gasteiger charge is 2.17. The predicted octanol–water partition coefficient (Wildman–Crippen LogP) is 3.94. The van der Waals surface area contributed by atoms with Gasteiger partial charge in [-0.05, 0) is 18.1 Å². The van der Waals surface area contributed by atoms with Crippen LogP contribution in [0.15, 0.2) is 29.2 Å². The van der Waals surface area contributed by atoms with Crippen LogP contribution >= 0.6 is 11.8 Å². The zero-order chi connectivity index (χ0) is 12.2. The van der Waals surface area contributed by atoms with Crippen molar-refractivity contribution in [2.75, 3.05) is 6.67 Å². The van der Waals surface area contributed by atoms with Crippen molar-refractivity contribution in [3.05, 3.63) is 29.8 Å². The zero-order valence-electron chi connectivity index (χ0n) is 10.2. The predicted molar refractivity (Wildman–Crippen MR) is 69.6 cm³/mol. The van der Waals surface area contributed by atoms with Crippen molar-refractivity contribution < 1.29 is 4.39 Å². The first-order valence-electron chi connectivity index (χ1n) is 5.53. The monoisotopic (exact) mass is 241 g/mol. The average molecular weight is 241 g/mol. The van der Waals surface area contributed by atoms with E-state index in [1.807, 2.05) is 18.2 Å². The molecule has 1 nitrogen and oxygen atoms in total. The number of halogens is 1. The molecule has 0 aliphatic rings. The third-order valence-electron chi connectivity index (χ3n) is 2.15. The minimum absolute atomic E-state index is 0.144. The van der Waals surface area contributed by atoms with Gasteiger partial charge in [0.05, 0.1) is 6.67 Å². The van der Waals surface area contributed by atoms with Crippen LogP contribution in [-0.4, -0.2) is 11.4 Å². The van der Waals surface area contributed by atoms with Crippen LogP contribution in [0, 0.1) is 0 Å². The Morgan fingerprint density at radius 3 is 2.50 bits per heavy atom. The Morgan fingerprint density at radius 2 is 1.94 bits per heavy atom. The van der Waals surface area contributed by atoms with Gasteiger partial charge in [0.1, 0.15) is 0 Å². The van der Waals surface area contributed by atoms with Crippen molar-refractivity contribution >= 4 is 11.8 Å². The fraction of sp³-hybridized carbons (Fsp3) is 0.538. The summed E-state index contributed by atoms with van der Waals surface area (Å²) < 4.78 is 12.5. The third kappa shape index (κ3) is 4.14. The number of rotatable bonds is 4. The summed E-state index contributed by atoms with van der Waals surface area (Å²) in [5.41, 5.74) is 7.03. The van der Waals surface area contributed by atoms with Crippen LogP contribution in [-0.2, 0) is 0 Å². The molecule has 0 fully saturated rings. The van der Waals surface area contributed by atoms with Crippen molar-refractivity contribution in [3.63, 3.8) is 0 Å². The van der Waals surface area contributed by atoms with Crippen LogP contribution in [0.3, 0.4) is 0 Å². The molecule has 1 atom stereocenters. The van der Waals surface area contributed by atoms with Crippen LogP contribution in [0.1, 0.15) is 38.8 Å². The van der Waals surface area contributed by atoms with Crippen molar-refractivity contribution in [3.8, 4) is 0 Å². The second kappa shape index (κ2) is 5.69. The highest BCUT2D eigenvalue weighted by atomic mass is 32.2. The highest BCUT2D eigenvalue weighted by Crippen LogP contribution is 2.36. The first-order valence-corrected chi connectivity index (χ1v) is 6.35. The van der Waals surface area contributed by atoms with E-state index in [1.54, 1.807) is 11.8 Å². The fourth-order valence-corrected chi connectivity index (χ4v) is 2.63. The summed E-state index contributed by atoms with van der Waals surface area (Å²) in [6.07, 6.45) is 0.391. The van der Waals surface area contributed by atoms with Crippen molar-refractivity contribution in [1.82, 2.24) is 0 Å². The SMILES string of the molecule is CC(C)(C)Sc1ccccc1[C@@H](N)CCF. The Kier molecular flexibility index (Phi) is 4.81. The van der Waals surface area contributed by atoms with Crippen LogP contribution in [0.25, 0.3) is 0 Å². The summed E-state index contributed by atoms with van der Waals surface area (Å²) in [7, 11) is 0. The molecule has 0 spiro atoms. The van der Waals surface area contributed by atoms with Gasteiger partial charge in [-0.25, -0.2) is 0 Å². The summed E-state index contributed by atoms with van der Waals surface area (Å²) in [5.74, 6) is 0. The topological polar surface area (TPSA) is 26.0 Å². The molecule has 16 heavy (non-hydrogen) atoms.